The van der Waals surface area contributed by atoms with Crippen molar-refractivity contribution in [3.63, 3.8) is 0 Å². The van der Waals surface area contributed by atoms with E-state index in [4.69, 9.17) is 5.11 Å². The maximum Gasteiger partial charge on any atom is 0.320 e. The van der Waals surface area contributed by atoms with Crippen LogP contribution >= 0.6 is 0 Å². The molecule has 2 saturated heterocycles. The molecule has 1 aliphatic carbocycles. The van der Waals surface area contributed by atoms with Crippen LogP contribution in [-0.2, 0) is 22.4 Å². The van der Waals surface area contributed by atoms with Gasteiger partial charge in [0.2, 0.25) is 5.91 Å². The van der Waals surface area contributed by atoms with Crippen molar-refractivity contribution < 1.29 is 14.7 Å². The lowest BCUT2D eigenvalue weighted by atomic mass is 9.66. The maximum absolute atomic E-state index is 12.8. The van der Waals surface area contributed by atoms with Crippen LogP contribution in [0.15, 0.2) is 24.3 Å². The van der Waals surface area contributed by atoms with Crippen molar-refractivity contribution in [3.8, 4) is 0 Å². The third-order valence-electron chi connectivity index (χ3n) is 6.81. The van der Waals surface area contributed by atoms with Crippen LogP contribution in [0.25, 0.3) is 0 Å². The summed E-state index contributed by atoms with van der Waals surface area (Å²) in [7, 11) is 0. The lowest BCUT2D eigenvalue weighted by Crippen LogP contribution is -2.52. The van der Waals surface area contributed by atoms with E-state index in [0.717, 1.165) is 38.8 Å². The van der Waals surface area contributed by atoms with Crippen molar-refractivity contribution in [2.45, 2.75) is 51.0 Å². The van der Waals surface area contributed by atoms with E-state index < -0.39 is 12.0 Å². The normalized spacial score (nSPS) is 27.8. The number of aryl methyl sites for hydroxylation is 1. The summed E-state index contributed by atoms with van der Waals surface area (Å²) in [4.78, 5) is 25.9. The fraction of sp³-hybridized carbons (Fsp3) is 0.619. The molecule has 0 radical (unpaired) electrons. The molecule has 0 aromatic heterocycles. The minimum Gasteiger partial charge on any atom is -0.480 e. The van der Waals surface area contributed by atoms with E-state index in [2.05, 4.69) is 29.6 Å². The highest BCUT2D eigenvalue weighted by atomic mass is 16.4. The summed E-state index contributed by atoms with van der Waals surface area (Å²) in [6.07, 6.45) is 6.94. The van der Waals surface area contributed by atoms with Gasteiger partial charge in [0.1, 0.15) is 6.04 Å². The van der Waals surface area contributed by atoms with E-state index in [1.165, 1.54) is 17.5 Å². The molecule has 4 rings (SSSR count). The van der Waals surface area contributed by atoms with Crippen LogP contribution in [0.5, 0.6) is 0 Å². The number of piperidine rings is 2. The van der Waals surface area contributed by atoms with Gasteiger partial charge in [-0.25, -0.2) is 0 Å². The number of hydrogen-bond acceptors (Lipinski definition) is 3. The molecule has 5 nitrogen and oxygen atoms in total. The van der Waals surface area contributed by atoms with Gasteiger partial charge in [0.15, 0.2) is 0 Å². The predicted octanol–water partition coefficient (Wildman–Crippen LogP) is 2.24. The fourth-order valence-corrected chi connectivity index (χ4v) is 5.03. The van der Waals surface area contributed by atoms with Gasteiger partial charge < -0.3 is 15.3 Å². The Balaban J connectivity index is 1.33. The van der Waals surface area contributed by atoms with Crippen molar-refractivity contribution >= 4 is 11.9 Å². The lowest BCUT2D eigenvalue weighted by molar-refractivity contribution is -0.144. The Morgan fingerprint density at radius 1 is 1.08 bits per heavy atom. The number of rotatable bonds is 2. The van der Waals surface area contributed by atoms with Crippen molar-refractivity contribution in [3.05, 3.63) is 35.4 Å². The number of hydrogen-bond donors (Lipinski definition) is 2. The molecular weight excluding hydrogens is 328 g/mol. The molecule has 0 bridgehead atoms. The molecule has 26 heavy (non-hydrogen) atoms. The molecule has 2 N–H and O–H groups in total. The second-order valence-corrected chi connectivity index (χ2v) is 8.34. The zero-order chi connectivity index (χ0) is 18.1. The van der Waals surface area contributed by atoms with Crippen molar-refractivity contribution in [1.29, 1.82) is 0 Å². The Kier molecular flexibility index (Phi) is 4.74. The van der Waals surface area contributed by atoms with Gasteiger partial charge in [-0.2, -0.15) is 0 Å². The summed E-state index contributed by atoms with van der Waals surface area (Å²) >= 11 is 0. The van der Waals surface area contributed by atoms with Crippen LogP contribution in [-0.4, -0.2) is 47.6 Å². The molecule has 1 spiro atoms. The number of likely N-dealkylation sites (tertiary alicyclic amines) is 1. The average molecular weight is 356 g/mol. The molecular formula is C21H28N2O3. The Labute approximate surface area is 154 Å². The third kappa shape index (κ3) is 3.37. The Morgan fingerprint density at radius 2 is 1.81 bits per heavy atom. The van der Waals surface area contributed by atoms with Gasteiger partial charge in [0.05, 0.1) is 5.92 Å². The van der Waals surface area contributed by atoms with Crippen LogP contribution in [0.4, 0.5) is 0 Å². The second-order valence-electron chi connectivity index (χ2n) is 8.34. The number of carbonyl (C=O) groups excluding carboxylic acids is 1. The summed E-state index contributed by atoms with van der Waals surface area (Å²) in [5.41, 5.74) is 3.36. The standard InChI is InChI=1S/C21H28N2O3/c24-19(17-5-6-18(20(25)26)22-14-17)23-11-9-21(10-12-23)8-7-15-3-1-2-4-16(15)13-21/h1-4,17-18,22H,5-14H2,(H,25,26)/t17-,18-/m0/s1. The first-order valence-electron chi connectivity index (χ1n) is 9.88. The second kappa shape index (κ2) is 7.03. The number of nitrogens with one attached hydrogen (secondary N) is 1. The molecule has 1 aromatic carbocycles. The van der Waals surface area contributed by atoms with Gasteiger partial charge in [-0.15, -0.1) is 0 Å². The van der Waals surface area contributed by atoms with Gasteiger partial charge in [-0.05, 0) is 61.5 Å². The highest BCUT2D eigenvalue weighted by Gasteiger charge is 2.40. The maximum atomic E-state index is 12.8. The lowest BCUT2D eigenvalue weighted by Gasteiger charge is -2.45. The monoisotopic (exact) mass is 356 g/mol. The topological polar surface area (TPSA) is 69.6 Å². The summed E-state index contributed by atoms with van der Waals surface area (Å²) in [5.74, 6) is -0.660. The van der Waals surface area contributed by atoms with E-state index in [-0.39, 0.29) is 11.8 Å². The number of carbonyl (C=O) groups is 2. The SMILES string of the molecule is O=C(O)[C@@H]1CC[C@H](C(=O)N2CCC3(CCc4ccccc4C3)CC2)CN1. The van der Waals surface area contributed by atoms with E-state index in [0.29, 0.717) is 24.8 Å². The molecule has 0 saturated carbocycles. The summed E-state index contributed by atoms with van der Waals surface area (Å²) in [5, 5.41) is 12.1. The van der Waals surface area contributed by atoms with Crippen LogP contribution in [0, 0.1) is 11.3 Å². The number of fused-ring (bicyclic) bond motifs is 1. The highest BCUT2D eigenvalue weighted by Crippen LogP contribution is 2.43. The van der Waals surface area contributed by atoms with Crippen molar-refractivity contribution in [1.82, 2.24) is 10.2 Å². The Morgan fingerprint density at radius 3 is 2.46 bits per heavy atom. The van der Waals surface area contributed by atoms with Gasteiger partial charge in [0.25, 0.3) is 0 Å². The number of amides is 1. The largest absolute Gasteiger partial charge is 0.480 e. The number of aliphatic carboxylic acids is 1. The molecule has 2 fully saturated rings. The minimum atomic E-state index is -0.812. The number of carboxylic acid groups (broad SMARTS) is 1. The number of benzene rings is 1. The highest BCUT2D eigenvalue weighted by molar-refractivity contribution is 5.80. The smallest absolute Gasteiger partial charge is 0.320 e. The van der Waals surface area contributed by atoms with Crippen LogP contribution in [0.2, 0.25) is 0 Å². The minimum absolute atomic E-state index is 0.0632. The molecule has 0 unspecified atom stereocenters. The number of nitrogens with zero attached hydrogens (tertiary/aromatic N) is 1. The molecule has 2 atom stereocenters. The molecule has 2 aliphatic heterocycles. The molecule has 2 heterocycles. The molecule has 1 aromatic rings. The van der Waals surface area contributed by atoms with Crippen molar-refractivity contribution in [2.75, 3.05) is 19.6 Å². The predicted molar refractivity (Wildman–Crippen MR) is 98.9 cm³/mol. The van der Waals surface area contributed by atoms with Gasteiger partial charge in [0, 0.05) is 19.6 Å². The first-order chi connectivity index (χ1) is 12.6. The zero-order valence-corrected chi connectivity index (χ0v) is 15.2. The van der Waals surface area contributed by atoms with E-state index in [1.54, 1.807) is 0 Å². The molecule has 5 heteroatoms. The fourth-order valence-electron chi connectivity index (χ4n) is 5.03. The first kappa shape index (κ1) is 17.5. The summed E-state index contributed by atoms with van der Waals surface area (Å²) in [6.45, 7) is 2.19. The van der Waals surface area contributed by atoms with E-state index in [1.807, 2.05) is 4.90 Å². The van der Waals surface area contributed by atoms with E-state index >= 15 is 0 Å². The van der Waals surface area contributed by atoms with Crippen LogP contribution in [0.3, 0.4) is 0 Å². The Hall–Kier alpha value is -1.88. The van der Waals surface area contributed by atoms with Crippen LogP contribution < -0.4 is 5.32 Å². The van der Waals surface area contributed by atoms with Gasteiger partial charge in [-0.1, -0.05) is 24.3 Å². The summed E-state index contributed by atoms with van der Waals surface area (Å²) in [6, 6.07) is 8.29. The van der Waals surface area contributed by atoms with Crippen molar-refractivity contribution in [2.24, 2.45) is 11.3 Å². The molecule has 1 amide bonds. The molecule has 140 valence electrons. The third-order valence-corrected chi connectivity index (χ3v) is 6.81. The number of carboxylic acids is 1. The zero-order valence-electron chi connectivity index (χ0n) is 15.2. The first-order valence-corrected chi connectivity index (χ1v) is 9.88. The van der Waals surface area contributed by atoms with E-state index in [9.17, 15) is 9.59 Å². The van der Waals surface area contributed by atoms with Gasteiger partial charge in [-0.3, -0.25) is 9.59 Å². The molecule has 3 aliphatic rings. The van der Waals surface area contributed by atoms with Gasteiger partial charge >= 0.3 is 5.97 Å². The van der Waals surface area contributed by atoms with Crippen LogP contribution in [0.1, 0.15) is 43.2 Å². The average Bonchev–Trinajstić information content (AvgIpc) is 2.68. The quantitative estimate of drug-likeness (QED) is 0.853. The summed E-state index contributed by atoms with van der Waals surface area (Å²) < 4.78 is 0. The Bertz CT molecular complexity index is 686.